The number of aromatic nitrogens is 2. The van der Waals surface area contributed by atoms with Gasteiger partial charge in [0, 0.05) is 0 Å². The molecule has 0 saturated carbocycles. The number of carbonyl (C=O) groups excluding carboxylic acids is 2. The summed E-state index contributed by atoms with van der Waals surface area (Å²) in [7, 11) is 0. The molecule has 0 bridgehead atoms. The van der Waals surface area contributed by atoms with Gasteiger partial charge in [0.15, 0.2) is 8.29 Å². The van der Waals surface area contributed by atoms with Gasteiger partial charge in [-0.15, -0.1) is 16.4 Å². The maximum absolute atomic E-state index is 12.3. The molecule has 1 N–H and O–H groups in total. The molecule has 6 nitrogen and oxygen atoms in total. The number of esters is 1. The Balaban J connectivity index is 1.60. The summed E-state index contributed by atoms with van der Waals surface area (Å²) in [6.45, 7) is 3.89. The van der Waals surface area contributed by atoms with Crippen LogP contribution in [0.5, 0.6) is 0 Å². The van der Waals surface area contributed by atoms with Crippen LogP contribution < -0.4 is 5.32 Å². The van der Waals surface area contributed by atoms with Crippen molar-refractivity contribution in [2.75, 3.05) is 17.7 Å². The second-order valence-electron chi connectivity index (χ2n) is 5.56. The predicted octanol–water partition coefficient (Wildman–Crippen LogP) is 4.94. The molecule has 1 aromatic carbocycles. The number of nitrogens with one attached hydrogen (secondary N) is 1. The van der Waals surface area contributed by atoms with Crippen molar-refractivity contribution in [3.63, 3.8) is 0 Å². The highest BCUT2D eigenvalue weighted by molar-refractivity contribution is 8.01. The Morgan fingerprint density at radius 3 is 2.75 bits per heavy atom. The fourth-order valence-electron chi connectivity index (χ4n) is 2.30. The molecule has 0 aliphatic rings. The Kier molecular flexibility index (Phi) is 7.00. The molecule has 0 aliphatic carbocycles. The molecule has 0 fully saturated rings. The number of benzene rings is 1. The predicted molar refractivity (Wildman–Crippen MR) is 117 cm³/mol. The van der Waals surface area contributed by atoms with Crippen LogP contribution in [-0.4, -0.2) is 34.0 Å². The van der Waals surface area contributed by atoms with Gasteiger partial charge >= 0.3 is 5.97 Å². The van der Waals surface area contributed by atoms with E-state index in [2.05, 4.69) is 10.4 Å². The second-order valence-corrected chi connectivity index (χ2v) is 9.46. The summed E-state index contributed by atoms with van der Waals surface area (Å²) in [5, 5.41) is 7.91. The van der Waals surface area contributed by atoms with E-state index in [9.17, 15) is 9.59 Å². The van der Waals surface area contributed by atoms with E-state index in [1.807, 2.05) is 37.3 Å². The van der Waals surface area contributed by atoms with E-state index in [4.69, 9.17) is 17.0 Å². The Bertz CT molecular complexity index is 1040. The van der Waals surface area contributed by atoms with E-state index < -0.39 is 0 Å². The molecule has 28 heavy (non-hydrogen) atoms. The SMILES string of the molecule is CCOC(=O)c1sc(NC(=O)CSc2nn(-c3ccccc3)c(=S)s2)cc1C. The van der Waals surface area contributed by atoms with Crippen molar-refractivity contribution in [2.24, 2.45) is 0 Å². The van der Waals surface area contributed by atoms with E-state index in [0.29, 0.717) is 20.4 Å². The summed E-state index contributed by atoms with van der Waals surface area (Å²) in [5.41, 5.74) is 1.67. The summed E-state index contributed by atoms with van der Waals surface area (Å²) < 4.78 is 8.05. The molecule has 10 heteroatoms. The number of thiophene rings is 1. The fourth-order valence-corrected chi connectivity index (χ4v) is 5.44. The average molecular weight is 452 g/mol. The van der Waals surface area contributed by atoms with Crippen LogP contribution in [0.4, 0.5) is 5.00 Å². The normalized spacial score (nSPS) is 10.6. The van der Waals surface area contributed by atoms with Gasteiger partial charge in [-0.2, -0.15) is 0 Å². The second kappa shape index (κ2) is 9.46. The Labute approximate surface area is 179 Å². The van der Waals surface area contributed by atoms with Gasteiger partial charge in [0.1, 0.15) is 4.88 Å². The highest BCUT2D eigenvalue weighted by atomic mass is 32.2. The summed E-state index contributed by atoms with van der Waals surface area (Å²) in [4.78, 5) is 24.6. The molecule has 2 aromatic heterocycles. The van der Waals surface area contributed by atoms with E-state index in [0.717, 1.165) is 15.6 Å². The molecule has 3 rings (SSSR count). The van der Waals surface area contributed by atoms with Crippen molar-refractivity contribution in [2.45, 2.75) is 18.2 Å². The first-order chi connectivity index (χ1) is 13.5. The topological polar surface area (TPSA) is 73.2 Å². The van der Waals surface area contributed by atoms with Crippen LogP contribution in [0.15, 0.2) is 40.7 Å². The standard InChI is InChI=1S/C18H17N3O3S4/c1-3-24-16(23)15-11(2)9-14(27-15)19-13(22)10-26-17-20-21(18(25)28-17)12-7-5-4-6-8-12/h4-9H,3,10H2,1-2H3,(H,19,22). The van der Waals surface area contributed by atoms with Gasteiger partial charge in [-0.3, -0.25) is 4.79 Å². The van der Waals surface area contributed by atoms with Crippen LogP contribution in [0.25, 0.3) is 5.69 Å². The minimum absolute atomic E-state index is 0.172. The third-order valence-corrected chi connectivity index (χ3v) is 7.00. The quantitative estimate of drug-likeness (QED) is 0.312. The lowest BCUT2D eigenvalue weighted by Crippen LogP contribution is -2.13. The largest absolute Gasteiger partial charge is 0.462 e. The number of para-hydroxylation sites is 1. The monoisotopic (exact) mass is 451 g/mol. The zero-order chi connectivity index (χ0) is 20.1. The molecule has 2 heterocycles. The van der Waals surface area contributed by atoms with Gasteiger partial charge in [0.2, 0.25) is 5.91 Å². The lowest BCUT2D eigenvalue weighted by molar-refractivity contribution is -0.113. The number of carbonyl (C=O) groups is 2. The van der Waals surface area contributed by atoms with Gasteiger partial charge in [-0.05, 0) is 49.8 Å². The van der Waals surface area contributed by atoms with E-state index >= 15 is 0 Å². The highest BCUT2D eigenvalue weighted by Crippen LogP contribution is 2.28. The van der Waals surface area contributed by atoms with Gasteiger partial charge < -0.3 is 10.1 Å². The van der Waals surface area contributed by atoms with Crippen molar-refractivity contribution in [3.05, 3.63) is 50.8 Å². The summed E-state index contributed by atoms with van der Waals surface area (Å²) >= 11 is 9.27. The lowest BCUT2D eigenvalue weighted by Gasteiger charge is -2.01. The number of aryl methyl sites for hydroxylation is 1. The molecule has 0 aliphatic heterocycles. The molecule has 0 spiro atoms. The summed E-state index contributed by atoms with van der Waals surface area (Å²) in [5.74, 6) is -0.344. The van der Waals surface area contributed by atoms with Crippen molar-refractivity contribution < 1.29 is 14.3 Å². The van der Waals surface area contributed by atoms with Crippen LogP contribution in [-0.2, 0) is 9.53 Å². The molecule has 0 unspecified atom stereocenters. The zero-order valence-electron chi connectivity index (χ0n) is 15.1. The van der Waals surface area contributed by atoms with E-state index in [1.165, 1.54) is 34.4 Å². The number of hydrogen-bond donors (Lipinski definition) is 1. The minimum Gasteiger partial charge on any atom is -0.462 e. The number of rotatable bonds is 7. The van der Waals surface area contributed by atoms with Crippen molar-refractivity contribution >= 4 is 63.5 Å². The highest BCUT2D eigenvalue weighted by Gasteiger charge is 2.16. The first kappa shape index (κ1) is 20.7. The Morgan fingerprint density at radius 1 is 1.29 bits per heavy atom. The Morgan fingerprint density at radius 2 is 2.04 bits per heavy atom. The average Bonchev–Trinajstić information content (AvgIpc) is 3.23. The van der Waals surface area contributed by atoms with Gasteiger partial charge in [0.05, 0.1) is 23.0 Å². The summed E-state index contributed by atoms with van der Waals surface area (Å²) in [6, 6.07) is 11.4. The first-order valence-electron chi connectivity index (χ1n) is 8.33. The third-order valence-electron chi connectivity index (χ3n) is 3.50. The van der Waals surface area contributed by atoms with Crippen LogP contribution in [0.2, 0.25) is 0 Å². The molecular weight excluding hydrogens is 434 g/mol. The van der Waals surface area contributed by atoms with Crippen molar-refractivity contribution in [1.82, 2.24) is 9.78 Å². The molecule has 1 amide bonds. The van der Waals surface area contributed by atoms with E-state index in [-0.39, 0.29) is 17.6 Å². The van der Waals surface area contributed by atoms with Crippen LogP contribution in [0.1, 0.15) is 22.2 Å². The number of anilines is 1. The van der Waals surface area contributed by atoms with Crippen LogP contribution in [0.3, 0.4) is 0 Å². The lowest BCUT2D eigenvalue weighted by atomic mass is 10.3. The van der Waals surface area contributed by atoms with Crippen molar-refractivity contribution in [1.29, 1.82) is 0 Å². The maximum Gasteiger partial charge on any atom is 0.348 e. The Hall–Kier alpha value is -2.01. The number of nitrogens with zero attached hydrogens (tertiary/aromatic N) is 2. The first-order valence-corrected chi connectivity index (χ1v) is 11.4. The molecular formula is C18H17N3O3S4. The fraction of sp³-hybridized carbons (Fsp3) is 0.222. The number of thioether (sulfide) groups is 1. The number of amides is 1. The minimum atomic E-state index is -0.369. The van der Waals surface area contributed by atoms with E-state index in [1.54, 1.807) is 17.7 Å². The third kappa shape index (κ3) is 5.07. The molecule has 0 saturated heterocycles. The van der Waals surface area contributed by atoms with Crippen molar-refractivity contribution in [3.8, 4) is 5.69 Å². The number of hydrogen-bond acceptors (Lipinski definition) is 8. The van der Waals surface area contributed by atoms with Crippen LogP contribution >= 0.6 is 46.7 Å². The molecule has 0 atom stereocenters. The maximum atomic E-state index is 12.3. The van der Waals surface area contributed by atoms with Crippen LogP contribution in [0, 0.1) is 10.9 Å². The van der Waals surface area contributed by atoms with Gasteiger partial charge in [-0.1, -0.05) is 41.3 Å². The summed E-state index contributed by atoms with van der Waals surface area (Å²) in [6.07, 6.45) is 0. The molecule has 0 radical (unpaired) electrons. The zero-order valence-corrected chi connectivity index (χ0v) is 18.4. The smallest absolute Gasteiger partial charge is 0.348 e. The van der Waals surface area contributed by atoms with Gasteiger partial charge in [0.25, 0.3) is 0 Å². The molecule has 146 valence electrons. The molecule has 3 aromatic rings. The van der Waals surface area contributed by atoms with Gasteiger partial charge in [-0.25, -0.2) is 9.48 Å². The number of ether oxygens (including phenoxy) is 1.